The Kier molecular flexibility index (Phi) is 3.82. The Hall–Kier alpha value is -0.900. The SMILES string of the molecule is CC1CCN(CC(O)(CN)c2ccccc2)C1. The minimum Gasteiger partial charge on any atom is -0.382 e. The summed E-state index contributed by atoms with van der Waals surface area (Å²) in [6.07, 6.45) is 1.22. The summed E-state index contributed by atoms with van der Waals surface area (Å²) in [4.78, 5) is 2.31. The maximum absolute atomic E-state index is 10.7. The lowest BCUT2D eigenvalue weighted by Gasteiger charge is -2.31. The number of likely N-dealkylation sites (tertiary alicyclic amines) is 1. The van der Waals surface area contributed by atoms with Crippen LogP contribution in [0.1, 0.15) is 18.9 Å². The van der Waals surface area contributed by atoms with Crippen LogP contribution in [0.4, 0.5) is 0 Å². The average Bonchev–Trinajstić information content (AvgIpc) is 2.75. The van der Waals surface area contributed by atoms with Crippen LogP contribution in [0.15, 0.2) is 30.3 Å². The minimum absolute atomic E-state index is 0.266. The van der Waals surface area contributed by atoms with Gasteiger partial charge in [-0.15, -0.1) is 0 Å². The second-order valence-electron chi connectivity index (χ2n) is 5.23. The van der Waals surface area contributed by atoms with Crippen LogP contribution in [-0.2, 0) is 5.60 Å². The van der Waals surface area contributed by atoms with Crippen molar-refractivity contribution in [2.75, 3.05) is 26.2 Å². The number of β-amino-alcohol motifs (C(OH)–C–C–N with tert-alkyl or cyclic N) is 1. The molecule has 0 radical (unpaired) electrons. The molecule has 0 aromatic heterocycles. The van der Waals surface area contributed by atoms with Crippen LogP contribution in [0, 0.1) is 5.92 Å². The summed E-state index contributed by atoms with van der Waals surface area (Å²) in [5.41, 5.74) is 5.78. The van der Waals surface area contributed by atoms with Gasteiger partial charge in [-0.05, 0) is 24.4 Å². The molecule has 3 N–H and O–H groups in total. The third-order valence-electron chi connectivity index (χ3n) is 3.64. The van der Waals surface area contributed by atoms with Crippen molar-refractivity contribution in [3.63, 3.8) is 0 Å². The Morgan fingerprint density at radius 2 is 2.12 bits per heavy atom. The van der Waals surface area contributed by atoms with Gasteiger partial charge in [0.15, 0.2) is 0 Å². The van der Waals surface area contributed by atoms with Gasteiger partial charge in [-0.1, -0.05) is 37.3 Å². The highest BCUT2D eigenvalue weighted by Crippen LogP contribution is 2.24. The third-order valence-corrected chi connectivity index (χ3v) is 3.64. The Morgan fingerprint density at radius 1 is 1.41 bits per heavy atom. The number of hydrogen-bond acceptors (Lipinski definition) is 3. The van der Waals surface area contributed by atoms with E-state index in [1.54, 1.807) is 0 Å². The van der Waals surface area contributed by atoms with E-state index in [0.717, 1.165) is 24.6 Å². The highest BCUT2D eigenvalue weighted by Gasteiger charge is 2.32. The number of nitrogens with zero attached hydrogens (tertiary/aromatic N) is 1. The van der Waals surface area contributed by atoms with Crippen molar-refractivity contribution in [3.8, 4) is 0 Å². The second-order valence-corrected chi connectivity index (χ2v) is 5.23. The van der Waals surface area contributed by atoms with Gasteiger partial charge in [-0.2, -0.15) is 0 Å². The standard InChI is InChI=1S/C14H22N2O/c1-12-7-8-16(9-12)11-14(17,10-15)13-5-3-2-4-6-13/h2-6,12,17H,7-11,15H2,1H3. The zero-order chi connectivity index (χ0) is 12.3. The van der Waals surface area contributed by atoms with E-state index in [-0.39, 0.29) is 6.54 Å². The van der Waals surface area contributed by atoms with Gasteiger partial charge in [-0.3, -0.25) is 4.90 Å². The lowest BCUT2D eigenvalue weighted by atomic mass is 9.93. The first kappa shape index (κ1) is 12.6. The number of hydrogen-bond donors (Lipinski definition) is 2. The van der Waals surface area contributed by atoms with Gasteiger partial charge < -0.3 is 10.8 Å². The minimum atomic E-state index is -0.911. The van der Waals surface area contributed by atoms with Crippen LogP contribution in [-0.4, -0.2) is 36.2 Å². The van der Waals surface area contributed by atoms with E-state index in [9.17, 15) is 5.11 Å². The van der Waals surface area contributed by atoms with Gasteiger partial charge in [-0.25, -0.2) is 0 Å². The fraction of sp³-hybridized carbons (Fsp3) is 0.571. The molecule has 2 atom stereocenters. The summed E-state index contributed by atoms with van der Waals surface area (Å²) >= 11 is 0. The van der Waals surface area contributed by atoms with Crippen molar-refractivity contribution in [2.45, 2.75) is 18.9 Å². The monoisotopic (exact) mass is 234 g/mol. The summed E-state index contributed by atoms with van der Waals surface area (Å²) in [6.45, 7) is 5.29. The fourth-order valence-corrected chi connectivity index (χ4v) is 2.56. The lowest BCUT2D eigenvalue weighted by molar-refractivity contribution is 0.0124. The molecule has 0 aliphatic carbocycles. The number of benzene rings is 1. The molecule has 1 saturated heterocycles. The number of aliphatic hydroxyl groups is 1. The van der Waals surface area contributed by atoms with Gasteiger partial charge in [0.25, 0.3) is 0 Å². The van der Waals surface area contributed by atoms with Crippen molar-refractivity contribution in [1.29, 1.82) is 0 Å². The maximum atomic E-state index is 10.7. The van der Waals surface area contributed by atoms with E-state index < -0.39 is 5.60 Å². The predicted molar refractivity (Wildman–Crippen MR) is 69.6 cm³/mol. The molecule has 1 fully saturated rings. The molecule has 2 rings (SSSR count). The van der Waals surface area contributed by atoms with E-state index in [2.05, 4.69) is 11.8 Å². The summed E-state index contributed by atoms with van der Waals surface area (Å²) in [5.74, 6) is 0.729. The fourth-order valence-electron chi connectivity index (χ4n) is 2.56. The molecule has 0 bridgehead atoms. The Labute approximate surface area is 103 Å². The van der Waals surface area contributed by atoms with E-state index in [1.807, 2.05) is 30.3 Å². The quantitative estimate of drug-likeness (QED) is 0.822. The highest BCUT2D eigenvalue weighted by molar-refractivity contribution is 5.23. The molecule has 0 saturated carbocycles. The molecule has 3 nitrogen and oxygen atoms in total. The molecule has 3 heteroatoms. The first-order valence-corrected chi connectivity index (χ1v) is 6.34. The van der Waals surface area contributed by atoms with Crippen LogP contribution in [0.3, 0.4) is 0 Å². The van der Waals surface area contributed by atoms with Crippen LogP contribution in [0.5, 0.6) is 0 Å². The zero-order valence-electron chi connectivity index (χ0n) is 10.5. The summed E-state index contributed by atoms with van der Waals surface area (Å²) < 4.78 is 0. The molecule has 94 valence electrons. The third kappa shape index (κ3) is 2.86. The van der Waals surface area contributed by atoms with Gasteiger partial charge in [0.2, 0.25) is 0 Å². The lowest BCUT2D eigenvalue weighted by Crippen LogP contribution is -2.45. The molecule has 1 aromatic rings. The number of nitrogens with two attached hydrogens (primary N) is 1. The van der Waals surface area contributed by atoms with Crippen molar-refractivity contribution < 1.29 is 5.11 Å². The normalized spacial score (nSPS) is 24.8. The largest absolute Gasteiger partial charge is 0.382 e. The average molecular weight is 234 g/mol. The summed E-state index contributed by atoms with van der Waals surface area (Å²) in [6, 6.07) is 9.75. The van der Waals surface area contributed by atoms with E-state index >= 15 is 0 Å². The first-order valence-electron chi connectivity index (χ1n) is 6.34. The summed E-state index contributed by atoms with van der Waals surface area (Å²) in [5, 5.41) is 10.7. The molecular weight excluding hydrogens is 212 g/mol. The predicted octanol–water partition coefficient (Wildman–Crippen LogP) is 1.17. The first-order chi connectivity index (χ1) is 8.14. The molecule has 1 heterocycles. The van der Waals surface area contributed by atoms with Crippen molar-refractivity contribution in [1.82, 2.24) is 4.90 Å². The van der Waals surface area contributed by atoms with Gasteiger partial charge in [0, 0.05) is 19.6 Å². The molecular formula is C14H22N2O. The molecule has 1 aliphatic heterocycles. The van der Waals surface area contributed by atoms with Crippen molar-refractivity contribution >= 4 is 0 Å². The zero-order valence-corrected chi connectivity index (χ0v) is 10.5. The van der Waals surface area contributed by atoms with Gasteiger partial charge in [0.05, 0.1) is 0 Å². The van der Waals surface area contributed by atoms with E-state index in [4.69, 9.17) is 5.73 Å². The van der Waals surface area contributed by atoms with Crippen molar-refractivity contribution in [2.24, 2.45) is 11.7 Å². The maximum Gasteiger partial charge on any atom is 0.114 e. The summed E-state index contributed by atoms with van der Waals surface area (Å²) in [7, 11) is 0. The molecule has 17 heavy (non-hydrogen) atoms. The Bertz CT molecular complexity index is 354. The van der Waals surface area contributed by atoms with E-state index in [0.29, 0.717) is 6.54 Å². The van der Waals surface area contributed by atoms with Crippen LogP contribution in [0.25, 0.3) is 0 Å². The molecule has 0 spiro atoms. The highest BCUT2D eigenvalue weighted by atomic mass is 16.3. The van der Waals surface area contributed by atoms with Gasteiger partial charge in [0.1, 0.15) is 5.60 Å². The van der Waals surface area contributed by atoms with Gasteiger partial charge >= 0.3 is 0 Å². The molecule has 1 aliphatic rings. The van der Waals surface area contributed by atoms with E-state index in [1.165, 1.54) is 6.42 Å². The molecule has 0 amide bonds. The molecule has 1 aromatic carbocycles. The van der Waals surface area contributed by atoms with Crippen LogP contribution >= 0.6 is 0 Å². The Morgan fingerprint density at radius 3 is 2.65 bits per heavy atom. The topological polar surface area (TPSA) is 49.5 Å². The van der Waals surface area contributed by atoms with Crippen molar-refractivity contribution in [3.05, 3.63) is 35.9 Å². The second kappa shape index (κ2) is 5.17. The number of rotatable bonds is 4. The van der Waals surface area contributed by atoms with Crippen LogP contribution in [0.2, 0.25) is 0 Å². The molecule has 2 unspecified atom stereocenters. The Balaban J connectivity index is 2.09. The van der Waals surface area contributed by atoms with Crippen LogP contribution < -0.4 is 5.73 Å². The smallest absolute Gasteiger partial charge is 0.114 e.